The zero-order valence-electron chi connectivity index (χ0n) is 9.42. The van der Waals surface area contributed by atoms with Crippen molar-refractivity contribution in [2.45, 2.75) is 3.42 Å². The molecule has 4 N–H and O–H groups in total. The Morgan fingerprint density at radius 2 is 1.61 bits per heavy atom. The quantitative estimate of drug-likeness (QED) is 0.464. The third kappa shape index (κ3) is 3.13. The van der Waals surface area contributed by atoms with E-state index in [0.717, 1.165) is 0 Å². The molecule has 0 bridgehead atoms. The fourth-order valence-corrected chi connectivity index (χ4v) is 2.31. The predicted molar refractivity (Wildman–Crippen MR) is 76.5 cm³/mol. The average Bonchev–Trinajstić information content (AvgIpc) is 2.30. The Balaban J connectivity index is 3.19. The summed E-state index contributed by atoms with van der Waals surface area (Å²) in [6.07, 6.45) is 1.37. The van der Waals surface area contributed by atoms with Crippen LogP contribution in [0, 0.1) is 5.41 Å². The maximum Gasteiger partial charge on any atom is 0.192 e. The highest BCUT2D eigenvalue weighted by Gasteiger charge is 2.50. The molecule has 1 rings (SSSR count). The first-order valence-corrected chi connectivity index (χ1v) is 6.74. The second kappa shape index (κ2) is 6.16. The maximum atomic E-state index is 10.1. The van der Waals surface area contributed by atoms with Gasteiger partial charge in [-0.2, -0.15) is 0 Å². The maximum absolute atomic E-state index is 10.1. The van der Waals surface area contributed by atoms with Crippen LogP contribution in [0.4, 0.5) is 0 Å². The second-order valence-corrected chi connectivity index (χ2v) is 7.24. The molecule has 0 atom stereocenters. The fourth-order valence-electron chi connectivity index (χ4n) is 1.40. The van der Waals surface area contributed by atoms with Gasteiger partial charge in [0.05, 0.1) is 13.2 Å². The molecule has 0 fully saturated rings. The summed E-state index contributed by atoms with van der Waals surface area (Å²) in [5.41, 5.74) is -0.964. The van der Waals surface area contributed by atoms with E-state index in [-0.39, 0.29) is 5.76 Å². The molecule has 0 saturated carbocycles. The van der Waals surface area contributed by atoms with Gasteiger partial charge in [-0.05, 0) is 43.5 Å². The smallest absolute Gasteiger partial charge is 0.192 e. The standard InChI is InChI=1S/C12H14Br2O4/c13-12(14,18)11(7-15,8-16)10(17)6-9-4-2-1-3-5-9/h1-6,15-18H,7-8H2. The highest BCUT2D eigenvalue weighted by Crippen LogP contribution is 2.46. The highest BCUT2D eigenvalue weighted by molar-refractivity contribution is 9.25. The first-order valence-electron chi connectivity index (χ1n) is 5.15. The summed E-state index contributed by atoms with van der Waals surface area (Å²) in [6.45, 7) is -1.29. The molecule has 0 aliphatic carbocycles. The SMILES string of the molecule is OCC(CO)(C(O)=Cc1ccccc1)C(O)(Br)Br. The van der Waals surface area contributed by atoms with Crippen LogP contribution in [0.3, 0.4) is 0 Å². The van der Waals surface area contributed by atoms with E-state index in [1.807, 2.05) is 6.07 Å². The first-order chi connectivity index (χ1) is 8.37. The molecule has 1 aromatic carbocycles. The van der Waals surface area contributed by atoms with Crippen LogP contribution in [-0.4, -0.2) is 37.1 Å². The Labute approximate surface area is 122 Å². The van der Waals surface area contributed by atoms with Gasteiger partial charge in [0, 0.05) is 0 Å². The molecule has 0 aliphatic rings. The van der Waals surface area contributed by atoms with E-state index in [1.165, 1.54) is 6.08 Å². The van der Waals surface area contributed by atoms with E-state index < -0.39 is 22.0 Å². The Morgan fingerprint density at radius 1 is 1.11 bits per heavy atom. The van der Waals surface area contributed by atoms with Gasteiger partial charge < -0.3 is 20.4 Å². The van der Waals surface area contributed by atoms with Crippen molar-refractivity contribution in [3.05, 3.63) is 41.7 Å². The van der Waals surface area contributed by atoms with Crippen molar-refractivity contribution in [2.24, 2.45) is 5.41 Å². The van der Waals surface area contributed by atoms with Gasteiger partial charge in [0.15, 0.2) is 3.42 Å². The van der Waals surface area contributed by atoms with Gasteiger partial charge in [-0.15, -0.1) is 0 Å². The van der Waals surface area contributed by atoms with Gasteiger partial charge in [-0.1, -0.05) is 30.3 Å². The lowest BCUT2D eigenvalue weighted by molar-refractivity contribution is -0.0188. The topological polar surface area (TPSA) is 80.9 Å². The monoisotopic (exact) mass is 380 g/mol. The number of benzene rings is 1. The lowest BCUT2D eigenvalue weighted by Crippen LogP contribution is -2.46. The van der Waals surface area contributed by atoms with Gasteiger partial charge in [0.2, 0.25) is 0 Å². The molecule has 0 radical (unpaired) electrons. The first kappa shape index (κ1) is 15.7. The number of hydrogen-bond donors (Lipinski definition) is 4. The lowest BCUT2D eigenvalue weighted by atomic mass is 9.87. The molecule has 1 aromatic rings. The van der Waals surface area contributed by atoms with Gasteiger partial charge in [0.25, 0.3) is 0 Å². The molecule has 6 heteroatoms. The minimum absolute atomic E-state index is 0.338. The minimum atomic E-state index is -1.83. The van der Waals surface area contributed by atoms with Gasteiger partial charge >= 0.3 is 0 Å². The van der Waals surface area contributed by atoms with E-state index in [2.05, 4.69) is 31.9 Å². The molecule has 0 aromatic heterocycles. The zero-order valence-corrected chi connectivity index (χ0v) is 12.6. The summed E-state index contributed by atoms with van der Waals surface area (Å²) in [4.78, 5) is 0. The number of hydrogen-bond acceptors (Lipinski definition) is 4. The summed E-state index contributed by atoms with van der Waals surface area (Å²) >= 11 is 5.78. The summed E-state index contributed by atoms with van der Waals surface area (Å²) in [5.74, 6) is -0.338. The molecule has 0 saturated heterocycles. The number of alkyl halides is 2. The molecular weight excluding hydrogens is 368 g/mol. The van der Waals surface area contributed by atoms with Gasteiger partial charge in [-0.3, -0.25) is 0 Å². The van der Waals surface area contributed by atoms with Gasteiger partial charge in [-0.25, -0.2) is 0 Å². The average molecular weight is 382 g/mol. The van der Waals surface area contributed by atoms with Crippen LogP contribution in [-0.2, 0) is 0 Å². The molecule has 18 heavy (non-hydrogen) atoms. The van der Waals surface area contributed by atoms with Crippen molar-refractivity contribution in [3.63, 3.8) is 0 Å². The number of halogens is 2. The molecule has 0 heterocycles. The Morgan fingerprint density at radius 3 is 2.00 bits per heavy atom. The van der Waals surface area contributed by atoms with E-state index in [4.69, 9.17) is 0 Å². The molecule has 4 nitrogen and oxygen atoms in total. The van der Waals surface area contributed by atoms with Crippen molar-refractivity contribution >= 4 is 37.9 Å². The molecule has 100 valence electrons. The third-order valence-corrected chi connectivity index (χ3v) is 4.23. The summed E-state index contributed by atoms with van der Waals surface area (Å²) in [7, 11) is 0. The van der Waals surface area contributed by atoms with Crippen LogP contribution in [0.25, 0.3) is 6.08 Å². The molecular formula is C12H14Br2O4. The summed E-state index contributed by atoms with van der Waals surface area (Å²) < 4.78 is -1.83. The number of aliphatic hydroxyl groups excluding tert-OH is 3. The predicted octanol–water partition coefficient (Wildman–Crippen LogP) is 1.99. The second-order valence-electron chi connectivity index (χ2n) is 3.88. The Hall–Kier alpha value is -0.400. The van der Waals surface area contributed by atoms with Crippen LogP contribution < -0.4 is 0 Å². The zero-order chi connectivity index (χ0) is 13.8. The van der Waals surface area contributed by atoms with Crippen molar-refractivity contribution in [3.8, 4) is 0 Å². The highest BCUT2D eigenvalue weighted by atomic mass is 79.9. The lowest BCUT2D eigenvalue weighted by Gasteiger charge is -2.36. The fraction of sp³-hybridized carbons (Fsp3) is 0.333. The van der Waals surface area contributed by atoms with Crippen LogP contribution in [0.15, 0.2) is 36.1 Å². The summed E-state index contributed by atoms with van der Waals surface area (Å²) in [6, 6.07) is 8.89. The van der Waals surface area contributed by atoms with E-state index in [9.17, 15) is 20.4 Å². The van der Waals surface area contributed by atoms with Crippen molar-refractivity contribution in [1.29, 1.82) is 0 Å². The van der Waals surface area contributed by atoms with Crippen molar-refractivity contribution in [2.75, 3.05) is 13.2 Å². The van der Waals surface area contributed by atoms with E-state index >= 15 is 0 Å². The Kier molecular flexibility index (Phi) is 5.36. The van der Waals surface area contributed by atoms with Gasteiger partial charge in [0.1, 0.15) is 11.2 Å². The molecule has 0 spiro atoms. The van der Waals surface area contributed by atoms with Crippen LogP contribution in [0.2, 0.25) is 0 Å². The van der Waals surface area contributed by atoms with Crippen LogP contribution in [0.5, 0.6) is 0 Å². The van der Waals surface area contributed by atoms with Crippen molar-refractivity contribution < 1.29 is 20.4 Å². The number of aliphatic hydroxyl groups is 4. The Bertz CT molecular complexity index is 408. The van der Waals surface area contributed by atoms with Crippen LogP contribution >= 0.6 is 31.9 Å². The van der Waals surface area contributed by atoms with Crippen molar-refractivity contribution in [1.82, 2.24) is 0 Å². The summed E-state index contributed by atoms with van der Waals surface area (Å²) in [5, 5.41) is 38.7. The van der Waals surface area contributed by atoms with E-state index in [0.29, 0.717) is 5.56 Å². The normalized spacial score (nSPS) is 13.7. The van der Waals surface area contributed by atoms with Crippen LogP contribution in [0.1, 0.15) is 5.56 Å². The number of rotatable bonds is 5. The third-order valence-electron chi connectivity index (χ3n) is 2.71. The molecule has 0 unspecified atom stereocenters. The molecule has 0 amide bonds. The molecule has 0 aliphatic heterocycles. The minimum Gasteiger partial charge on any atom is -0.511 e. The van der Waals surface area contributed by atoms with E-state index in [1.54, 1.807) is 24.3 Å². The largest absolute Gasteiger partial charge is 0.511 e.